The van der Waals surface area contributed by atoms with Gasteiger partial charge in [-0.25, -0.2) is 9.59 Å². The lowest BCUT2D eigenvalue weighted by Crippen LogP contribution is -2.41. The van der Waals surface area contributed by atoms with Crippen LogP contribution < -0.4 is 0 Å². The van der Waals surface area contributed by atoms with Gasteiger partial charge in [0.2, 0.25) is 5.60 Å². The zero-order valence-corrected chi connectivity index (χ0v) is 11.1. The Hall–Kier alpha value is -1.88. The highest BCUT2D eigenvalue weighted by atomic mass is 16.6. The van der Waals surface area contributed by atoms with Gasteiger partial charge >= 0.3 is 11.9 Å². The number of aliphatic hydroxyl groups excluding tert-OH is 1. The predicted octanol–water partition coefficient (Wildman–Crippen LogP) is 1.55. The van der Waals surface area contributed by atoms with E-state index >= 15 is 0 Å². The average molecular weight is 266 g/mol. The molecule has 1 rings (SSSR count). The lowest BCUT2D eigenvalue weighted by Gasteiger charge is -2.26. The molecule has 0 spiro atoms. The Morgan fingerprint density at radius 3 is 2.42 bits per heavy atom. The molecule has 1 atom stereocenters. The summed E-state index contributed by atoms with van der Waals surface area (Å²) in [6.07, 6.45) is 0.544. The molecule has 5 nitrogen and oxygen atoms in total. The second-order valence-electron chi connectivity index (χ2n) is 4.31. The second-order valence-corrected chi connectivity index (χ2v) is 4.31. The van der Waals surface area contributed by atoms with Gasteiger partial charge in [0.25, 0.3) is 0 Å². The largest absolute Gasteiger partial charge is 0.466 e. The Morgan fingerprint density at radius 1 is 1.26 bits per heavy atom. The van der Waals surface area contributed by atoms with E-state index in [4.69, 9.17) is 9.84 Å². The number of aliphatic hydroxyl groups is 1. The SMILES string of the molecule is COC(=O)C(C)(CCCO)OC(=O)c1ccccc1. The summed E-state index contributed by atoms with van der Waals surface area (Å²) in [7, 11) is 1.23. The number of ether oxygens (including phenoxy) is 2. The number of benzene rings is 1. The topological polar surface area (TPSA) is 72.8 Å². The van der Waals surface area contributed by atoms with Crippen molar-refractivity contribution in [3.05, 3.63) is 35.9 Å². The highest BCUT2D eigenvalue weighted by Crippen LogP contribution is 2.21. The molecule has 1 unspecified atom stereocenters. The molecule has 0 radical (unpaired) electrons. The van der Waals surface area contributed by atoms with E-state index in [-0.39, 0.29) is 13.0 Å². The summed E-state index contributed by atoms with van der Waals surface area (Å²) < 4.78 is 9.91. The molecule has 0 amide bonds. The molecule has 0 aliphatic rings. The van der Waals surface area contributed by atoms with Crippen LogP contribution >= 0.6 is 0 Å². The van der Waals surface area contributed by atoms with Crippen LogP contribution in [0.5, 0.6) is 0 Å². The molecule has 1 N–H and O–H groups in total. The normalized spacial score (nSPS) is 13.4. The number of methoxy groups -OCH3 is 1. The Bertz CT molecular complexity index is 429. The summed E-state index contributed by atoms with van der Waals surface area (Å²) >= 11 is 0. The average Bonchev–Trinajstić information content (AvgIpc) is 2.45. The molecule has 0 bridgehead atoms. The smallest absolute Gasteiger partial charge is 0.350 e. The van der Waals surface area contributed by atoms with Gasteiger partial charge < -0.3 is 14.6 Å². The number of esters is 2. The standard InChI is InChI=1S/C14H18O5/c1-14(9-6-10-15,13(17)18-2)19-12(16)11-7-4-3-5-8-11/h3-5,7-8,15H,6,9-10H2,1-2H3. The molecule has 1 aromatic carbocycles. The first-order chi connectivity index (χ1) is 9.03. The maximum atomic E-state index is 12.0. The van der Waals surface area contributed by atoms with Crippen molar-refractivity contribution in [3.63, 3.8) is 0 Å². The monoisotopic (exact) mass is 266 g/mol. The van der Waals surface area contributed by atoms with Crippen molar-refractivity contribution >= 4 is 11.9 Å². The van der Waals surface area contributed by atoms with Crippen LogP contribution in [0.4, 0.5) is 0 Å². The summed E-state index contributed by atoms with van der Waals surface area (Å²) in [5.74, 6) is -1.23. The van der Waals surface area contributed by atoms with Gasteiger partial charge in [-0.05, 0) is 25.5 Å². The Morgan fingerprint density at radius 2 is 1.89 bits per heavy atom. The summed E-state index contributed by atoms with van der Waals surface area (Å²) in [6, 6.07) is 8.40. The molecule has 5 heteroatoms. The fourth-order valence-electron chi connectivity index (χ4n) is 1.66. The summed E-state index contributed by atoms with van der Waals surface area (Å²) in [4.78, 5) is 23.7. The Balaban J connectivity index is 2.83. The molecule has 19 heavy (non-hydrogen) atoms. The Labute approximate surface area is 112 Å². The van der Waals surface area contributed by atoms with E-state index in [1.54, 1.807) is 30.3 Å². The molecule has 0 aliphatic carbocycles. The third kappa shape index (κ3) is 4.06. The van der Waals surface area contributed by atoms with Crippen molar-refractivity contribution in [2.45, 2.75) is 25.4 Å². The number of hydrogen-bond donors (Lipinski definition) is 1. The van der Waals surface area contributed by atoms with E-state index in [0.717, 1.165) is 0 Å². The van der Waals surface area contributed by atoms with Gasteiger partial charge in [-0.3, -0.25) is 0 Å². The third-order valence-electron chi connectivity index (χ3n) is 2.76. The maximum absolute atomic E-state index is 12.0. The molecule has 0 saturated heterocycles. The molecule has 0 aliphatic heterocycles. The molecular formula is C14H18O5. The van der Waals surface area contributed by atoms with Crippen LogP contribution in [0.3, 0.4) is 0 Å². The van der Waals surface area contributed by atoms with Crippen LogP contribution in [-0.4, -0.2) is 36.4 Å². The molecule has 0 heterocycles. The van der Waals surface area contributed by atoms with Crippen molar-refractivity contribution in [2.24, 2.45) is 0 Å². The fraction of sp³-hybridized carbons (Fsp3) is 0.429. The fourth-order valence-corrected chi connectivity index (χ4v) is 1.66. The van der Waals surface area contributed by atoms with Crippen molar-refractivity contribution < 1.29 is 24.2 Å². The minimum Gasteiger partial charge on any atom is -0.466 e. The van der Waals surface area contributed by atoms with E-state index in [2.05, 4.69) is 4.74 Å². The van der Waals surface area contributed by atoms with Crippen LogP contribution in [0.1, 0.15) is 30.1 Å². The van der Waals surface area contributed by atoms with Gasteiger partial charge in [-0.1, -0.05) is 18.2 Å². The van der Waals surface area contributed by atoms with Gasteiger partial charge in [-0.2, -0.15) is 0 Å². The van der Waals surface area contributed by atoms with Crippen molar-refractivity contribution in [3.8, 4) is 0 Å². The predicted molar refractivity (Wildman–Crippen MR) is 68.6 cm³/mol. The Kier molecular flexibility index (Phi) is 5.51. The van der Waals surface area contributed by atoms with Crippen molar-refractivity contribution in [1.82, 2.24) is 0 Å². The first kappa shape index (κ1) is 15.2. The van der Waals surface area contributed by atoms with Crippen LogP contribution in [0, 0.1) is 0 Å². The number of carbonyl (C=O) groups is 2. The highest BCUT2D eigenvalue weighted by molar-refractivity contribution is 5.92. The molecule has 104 valence electrons. The molecule has 0 saturated carbocycles. The zero-order valence-electron chi connectivity index (χ0n) is 11.1. The van der Waals surface area contributed by atoms with Crippen molar-refractivity contribution in [1.29, 1.82) is 0 Å². The first-order valence-electron chi connectivity index (χ1n) is 6.01. The number of rotatable bonds is 6. The summed E-state index contributed by atoms with van der Waals surface area (Å²) in [6.45, 7) is 1.39. The van der Waals surface area contributed by atoms with Crippen molar-refractivity contribution in [2.75, 3.05) is 13.7 Å². The van der Waals surface area contributed by atoms with Gasteiger partial charge in [0.15, 0.2) is 0 Å². The molecular weight excluding hydrogens is 248 g/mol. The van der Waals surface area contributed by atoms with Crippen LogP contribution in [0.25, 0.3) is 0 Å². The second kappa shape index (κ2) is 6.89. The molecule has 0 fully saturated rings. The maximum Gasteiger partial charge on any atom is 0.350 e. The van der Waals surface area contributed by atoms with Crippen LogP contribution in [0.15, 0.2) is 30.3 Å². The van der Waals surface area contributed by atoms with Gasteiger partial charge in [-0.15, -0.1) is 0 Å². The molecule has 1 aromatic rings. The minimum atomic E-state index is -1.38. The van der Waals surface area contributed by atoms with E-state index in [1.807, 2.05) is 0 Å². The first-order valence-corrected chi connectivity index (χ1v) is 6.01. The van der Waals surface area contributed by atoms with E-state index in [0.29, 0.717) is 12.0 Å². The lowest BCUT2D eigenvalue weighted by atomic mass is 10.00. The lowest BCUT2D eigenvalue weighted by molar-refractivity contribution is -0.162. The van der Waals surface area contributed by atoms with E-state index in [9.17, 15) is 9.59 Å². The summed E-state index contributed by atoms with van der Waals surface area (Å²) in [5.41, 5.74) is -1.02. The highest BCUT2D eigenvalue weighted by Gasteiger charge is 2.38. The third-order valence-corrected chi connectivity index (χ3v) is 2.76. The van der Waals surface area contributed by atoms with E-state index < -0.39 is 17.5 Å². The quantitative estimate of drug-likeness (QED) is 0.791. The van der Waals surface area contributed by atoms with E-state index in [1.165, 1.54) is 14.0 Å². The van der Waals surface area contributed by atoms with Gasteiger partial charge in [0, 0.05) is 13.0 Å². The summed E-state index contributed by atoms with van der Waals surface area (Å²) in [5, 5.41) is 8.84. The van der Waals surface area contributed by atoms with Crippen LogP contribution in [0.2, 0.25) is 0 Å². The number of carbonyl (C=O) groups excluding carboxylic acids is 2. The minimum absolute atomic E-state index is 0.0878. The van der Waals surface area contributed by atoms with Crippen LogP contribution in [-0.2, 0) is 14.3 Å². The molecule has 0 aromatic heterocycles. The van der Waals surface area contributed by atoms with Gasteiger partial charge in [0.1, 0.15) is 0 Å². The number of hydrogen-bond acceptors (Lipinski definition) is 5. The van der Waals surface area contributed by atoms with Gasteiger partial charge in [0.05, 0.1) is 12.7 Å². The zero-order chi connectivity index (χ0) is 14.3.